The molecule has 1 saturated heterocycles. The van der Waals surface area contributed by atoms with Gasteiger partial charge in [0.25, 0.3) is 0 Å². The summed E-state index contributed by atoms with van der Waals surface area (Å²) in [6.07, 6.45) is 2.52. The minimum atomic E-state index is -0.946. The summed E-state index contributed by atoms with van der Waals surface area (Å²) in [6.45, 7) is 2.36. The maximum absolute atomic E-state index is 13.4. The van der Waals surface area contributed by atoms with E-state index in [1.165, 1.54) is 12.1 Å². The van der Waals surface area contributed by atoms with E-state index in [1.54, 1.807) is 12.1 Å². The Morgan fingerprint density at radius 1 is 1.08 bits per heavy atom. The van der Waals surface area contributed by atoms with Gasteiger partial charge in [-0.2, -0.15) is 0 Å². The van der Waals surface area contributed by atoms with E-state index >= 15 is 0 Å². The molecular formula is C21H24FNO2. The summed E-state index contributed by atoms with van der Waals surface area (Å²) < 4.78 is 13.4. The monoisotopic (exact) mass is 341 g/mol. The van der Waals surface area contributed by atoms with Crippen LogP contribution in [0.5, 0.6) is 0 Å². The van der Waals surface area contributed by atoms with E-state index < -0.39 is 5.60 Å². The average molecular weight is 341 g/mol. The third-order valence-electron chi connectivity index (χ3n) is 5.02. The van der Waals surface area contributed by atoms with Gasteiger partial charge in [-0.3, -0.25) is 4.79 Å². The minimum absolute atomic E-state index is 0.175. The molecule has 2 aromatic rings. The van der Waals surface area contributed by atoms with Gasteiger partial charge in [-0.25, -0.2) is 4.39 Å². The van der Waals surface area contributed by atoms with Gasteiger partial charge in [-0.05, 0) is 43.5 Å². The maximum Gasteiger partial charge on any atom is 0.162 e. The normalized spacial score (nSPS) is 17.4. The number of hydrogen-bond donors (Lipinski definition) is 1. The Morgan fingerprint density at radius 3 is 2.48 bits per heavy atom. The van der Waals surface area contributed by atoms with Crippen LogP contribution in [-0.2, 0) is 5.60 Å². The van der Waals surface area contributed by atoms with Crippen LogP contribution in [0.1, 0.15) is 41.6 Å². The quantitative estimate of drug-likeness (QED) is 0.813. The fourth-order valence-corrected chi connectivity index (χ4v) is 3.44. The summed E-state index contributed by atoms with van der Waals surface area (Å²) in [5.41, 5.74) is 0.478. The van der Waals surface area contributed by atoms with Gasteiger partial charge in [-0.1, -0.05) is 42.5 Å². The second kappa shape index (κ2) is 7.89. The van der Waals surface area contributed by atoms with E-state index in [0.29, 0.717) is 24.8 Å². The zero-order valence-corrected chi connectivity index (χ0v) is 14.3. The zero-order valence-electron chi connectivity index (χ0n) is 14.3. The number of carbonyl (C=O) groups is 1. The first-order valence-corrected chi connectivity index (χ1v) is 8.86. The molecular weight excluding hydrogens is 317 g/mol. The van der Waals surface area contributed by atoms with Crippen LogP contribution in [-0.4, -0.2) is 35.4 Å². The van der Waals surface area contributed by atoms with E-state index in [0.717, 1.165) is 31.6 Å². The van der Waals surface area contributed by atoms with Crippen molar-refractivity contribution in [2.75, 3.05) is 19.6 Å². The van der Waals surface area contributed by atoms with Gasteiger partial charge in [0.05, 0.1) is 5.60 Å². The highest BCUT2D eigenvalue weighted by Gasteiger charge is 2.33. The Hall–Kier alpha value is -2.04. The molecule has 0 bridgehead atoms. The number of Topliss-reactive ketones (excluding diaryl/α,β-unsaturated/α-hetero) is 1. The first-order chi connectivity index (χ1) is 12.1. The highest BCUT2D eigenvalue weighted by Crippen LogP contribution is 2.33. The number of hydrogen-bond acceptors (Lipinski definition) is 3. The summed E-state index contributed by atoms with van der Waals surface area (Å²) in [4.78, 5) is 14.4. The van der Waals surface area contributed by atoms with E-state index in [1.807, 2.05) is 30.3 Å². The molecule has 0 radical (unpaired) electrons. The molecule has 0 aliphatic carbocycles. The molecule has 0 spiro atoms. The van der Waals surface area contributed by atoms with Crippen molar-refractivity contribution in [1.29, 1.82) is 0 Å². The predicted octanol–water partition coefficient (Wildman–Crippen LogP) is 3.77. The molecule has 1 aliphatic heterocycles. The number of piperidine rings is 1. The van der Waals surface area contributed by atoms with E-state index in [4.69, 9.17) is 0 Å². The van der Waals surface area contributed by atoms with Crippen LogP contribution in [0.2, 0.25) is 0 Å². The third-order valence-corrected chi connectivity index (χ3v) is 5.02. The van der Waals surface area contributed by atoms with Crippen LogP contribution in [0.15, 0.2) is 54.6 Å². The second-order valence-electron chi connectivity index (χ2n) is 6.78. The standard InChI is InChI=1S/C21H24FNO2/c22-19-9-4-8-18(16-19)21(25)11-14-23(15-12-21)13-5-10-20(24)17-6-2-1-3-7-17/h1-4,6-9,16,25H,5,10-15H2. The predicted molar refractivity (Wildman–Crippen MR) is 96.0 cm³/mol. The molecule has 1 N–H and O–H groups in total. The van der Waals surface area contributed by atoms with Crippen molar-refractivity contribution >= 4 is 5.78 Å². The van der Waals surface area contributed by atoms with Crippen molar-refractivity contribution in [3.8, 4) is 0 Å². The lowest BCUT2D eigenvalue weighted by Crippen LogP contribution is -2.43. The van der Waals surface area contributed by atoms with E-state index in [9.17, 15) is 14.3 Å². The van der Waals surface area contributed by atoms with Gasteiger partial charge in [0.1, 0.15) is 5.82 Å². The molecule has 0 amide bonds. The Labute approximate surface area is 148 Å². The summed E-state index contributed by atoms with van der Waals surface area (Å²) in [5, 5.41) is 10.8. The fourth-order valence-electron chi connectivity index (χ4n) is 3.44. The first-order valence-electron chi connectivity index (χ1n) is 8.86. The summed E-state index contributed by atoms with van der Waals surface area (Å²) in [7, 11) is 0. The molecule has 25 heavy (non-hydrogen) atoms. The van der Waals surface area contributed by atoms with Gasteiger partial charge in [-0.15, -0.1) is 0 Å². The van der Waals surface area contributed by atoms with Gasteiger partial charge in [0.15, 0.2) is 5.78 Å². The Balaban J connectivity index is 1.46. The first kappa shape index (κ1) is 17.8. The number of benzene rings is 2. The Kier molecular flexibility index (Phi) is 5.61. The van der Waals surface area contributed by atoms with Crippen LogP contribution < -0.4 is 0 Å². The minimum Gasteiger partial charge on any atom is -0.385 e. The largest absolute Gasteiger partial charge is 0.385 e. The number of nitrogens with zero attached hydrogens (tertiary/aromatic N) is 1. The molecule has 3 nitrogen and oxygen atoms in total. The van der Waals surface area contributed by atoms with Crippen molar-refractivity contribution < 1.29 is 14.3 Å². The number of likely N-dealkylation sites (tertiary alicyclic amines) is 1. The van der Waals surface area contributed by atoms with Crippen molar-refractivity contribution in [1.82, 2.24) is 4.90 Å². The number of carbonyl (C=O) groups excluding carboxylic acids is 1. The summed E-state index contributed by atoms with van der Waals surface area (Å²) >= 11 is 0. The lowest BCUT2D eigenvalue weighted by Gasteiger charge is -2.38. The molecule has 3 rings (SSSR count). The van der Waals surface area contributed by atoms with E-state index in [2.05, 4.69) is 4.90 Å². The number of ketones is 1. The Morgan fingerprint density at radius 2 is 1.80 bits per heavy atom. The van der Waals surface area contributed by atoms with Gasteiger partial charge in [0.2, 0.25) is 0 Å². The smallest absolute Gasteiger partial charge is 0.162 e. The SMILES string of the molecule is O=C(CCCN1CCC(O)(c2cccc(F)c2)CC1)c1ccccc1. The van der Waals surface area contributed by atoms with Crippen molar-refractivity contribution in [3.63, 3.8) is 0 Å². The van der Waals surface area contributed by atoms with Crippen molar-refractivity contribution in [2.45, 2.75) is 31.3 Å². The maximum atomic E-state index is 13.4. The highest BCUT2D eigenvalue weighted by molar-refractivity contribution is 5.95. The number of halogens is 1. The van der Waals surface area contributed by atoms with Crippen LogP contribution in [0.3, 0.4) is 0 Å². The molecule has 0 saturated carbocycles. The lowest BCUT2D eigenvalue weighted by molar-refractivity contribution is -0.0262. The van der Waals surface area contributed by atoms with Crippen molar-refractivity contribution in [3.05, 3.63) is 71.5 Å². The molecule has 1 aliphatic rings. The molecule has 1 heterocycles. The van der Waals surface area contributed by atoms with E-state index in [-0.39, 0.29) is 11.6 Å². The fraction of sp³-hybridized carbons (Fsp3) is 0.381. The van der Waals surface area contributed by atoms with Crippen LogP contribution in [0.4, 0.5) is 4.39 Å². The second-order valence-corrected chi connectivity index (χ2v) is 6.78. The topological polar surface area (TPSA) is 40.5 Å². The summed E-state index contributed by atoms with van der Waals surface area (Å²) in [5.74, 6) is -0.137. The van der Waals surface area contributed by atoms with Gasteiger partial charge < -0.3 is 10.0 Å². The molecule has 132 valence electrons. The number of rotatable bonds is 6. The van der Waals surface area contributed by atoms with Crippen LogP contribution >= 0.6 is 0 Å². The number of aliphatic hydroxyl groups is 1. The molecule has 2 aromatic carbocycles. The molecule has 0 aromatic heterocycles. The van der Waals surface area contributed by atoms with Gasteiger partial charge in [0, 0.05) is 25.1 Å². The van der Waals surface area contributed by atoms with Crippen LogP contribution in [0, 0.1) is 5.82 Å². The summed E-state index contributed by atoms with van der Waals surface area (Å²) in [6, 6.07) is 15.6. The molecule has 0 atom stereocenters. The average Bonchev–Trinajstić information content (AvgIpc) is 2.64. The molecule has 1 fully saturated rings. The lowest BCUT2D eigenvalue weighted by atomic mass is 9.84. The van der Waals surface area contributed by atoms with Crippen LogP contribution in [0.25, 0.3) is 0 Å². The molecule has 0 unspecified atom stereocenters. The molecule has 4 heteroatoms. The highest BCUT2D eigenvalue weighted by atomic mass is 19.1. The third kappa shape index (κ3) is 4.53. The van der Waals surface area contributed by atoms with Crippen molar-refractivity contribution in [2.24, 2.45) is 0 Å². The zero-order chi connectivity index (χ0) is 17.7. The Bertz CT molecular complexity index is 709. The van der Waals surface area contributed by atoms with Gasteiger partial charge >= 0.3 is 0 Å².